The summed E-state index contributed by atoms with van der Waals surface area (Å²) in [6.07, 6.45) is 0.218. The molecule has 0 spiro atoms. The summed E-state index contributed by atoms with van der Waals surface area (Å²) >= 11 is 0. The van der Waals surface area contributed by atoms with Crippen LogP contribution in [0.2, 0.25) is 0 Å². The summed E-state index contributed by atoms with van der Waals surface area (Å²) in [5.41, 5.74) is -0.189. The Morgan fingerprint density at radius 1 is 1.21 bits per heavy atom. The molecule has 150 valence electrons. The van der Waals surface area contributed by atoms with Crippen LogP contribution in [0.4, 0.5) is 14.9 Å². The molecule has 0 aliphatic carbocycles. The molecule has 0 saturated carbocycles. The number of fused-ring (bicyclic) bond motifs is 1. The van der Waals surface area contributed by atoms with Crippen LogP contribution in [-0.4, -0.2) is 41.6 Å². The summed E-state index contributed by atoms with van der Waals surface area (Å²) in [6, 6.07) is 9.98. The van der Waals surface area contributed by atoms with Gasteiger partial charge in [0, 0.05) is 12.1 Å². The van der Waals surface area contributed by atoms with Gasteiger partial charge in [-0.1, -0.05) is 12.1 Å². The molecule has 2 aromatic carbocycles. The fraction of sp³-hybridized carbons (Fsp3) is 0.250. The van der Waals surface area contributed by atoms with Crippen molar-refractivity contribution in [3.8, 4) is 11.5 Å². The highest BCUT2D eigenvalue weighted by atomic mass is 19.1. The molecule has 8 nitrogen and oxygen atoms in total. The summed E-state index contributed by atoms with van der Waals surface area (Å²) in [4.78, 5) is 38.3. The molecule has 2 aromatic rings. The van der Waals surface area contributed by atoms with Crippen molar-refractivity contribution in [2.24, 2.45) is 0 Å². The molecule has 4 amide bonds. The van der Waals surface area contributed by atoms with Gasteiger partial charge in [-0.2, -0.15) is 0 Å². The Morgan fingerprint density at radius 3 is 2.79 bits per heavy atom. The minimum Gasteiger partial charge on any atom is -0.454 e. The monoisotopic (exact) mass is 399 g/mol. The van der Waals surface area contributed by atoms with Gasteiger partial charge < -0.3 is 20.1 Å². The van der Waals surface area contributed by atoms with Crippen molar-refractivity contribution >= 4 is 23.5 Å². The third-order valence-electron chi connectivity index (χ3n) is 4.75. The van der Waals surface area contributed by atoms with Crippen LogP contribution in [0.3, 0.4) is 0 Å². The number of carbonyl (C=O) groups is 3. The van der Waals surface area contributed by atoms with E-state index in [0.717, 1.165) is 16.5 Å². The summed E-state index contributed by atoms with van der Waals surface area (Å²) in [5.74, 6) is -0.430. The van der Waals surface area contributed by atoms with Crippen LogP contribution in [-0.2, 0) is 16.0 Å². The summed E-state index contributed by atoms with van der Waals surface area (Å²) in [5, 5.41) is 5.12. The predicted molar refractivity (Wildman–Crippen MR) is 99.9 cm³/mol. The number of nitrogens with one attached hydrogen (secondary N) is 2. The molecule has 2 heterocycles. The quantitative estimate of drug-likeness (QED) is 0.750. The molecule has 2 N–H and O–H groups in total. The average Bonchev–Trinajstić information content (AvgIpc) is 3.20. The number of ether oxygens (including phenoxy) is 2. The maximum atomic E-state index is 13.2. The molecule has 0 bridgehead atoms. The minimum atomic E-state index is -1.20. The fourth-order valence-electron chi connectivity index (χ4n) is 3.38. The van der Waals surface area contributed by atoms with Crippen molar-refractivity contribution in [1.29, 1.82) is 0 Å². The first kappa shape index (κ1) is 18.7. The standard InChI is InChI=1S/C20H18FN3O5/c1-20(9-12-5-6-15-16(7-12)29-11-28-15)18(26)24(19(27)23-20)10-17(25)22-14-4-2-3-13(21)8-14/h2-8H,9-11H2,1H3,(H,22,25)(H,23,27)/t20-/m0/s1. The largest absolute Gasteiger partial charge is 0.454 e. The Morgan fingerprint density at radius 2 is 2.00 bits per heavy atom. The molecular formula is C20H18FN3O5. The molecule has 1 atom stereocenters. The lowest BCUT2D eigenvalue weighted by Gasteiger charge is -2.22. The van der Waals surface area contributed by atoms with E-state index in [1.807, 2.05) is 0 Å². The lowest BCUT2D eigenvalue weighted by atomic mass is 9.92. The van der Waals surface area contributed by atoms with E-state index in [9.17, 15) is 18.8 Å². The number of amides is 4. The molecule has 4 rings (SSSR count). The van der Waals surface area contributed by atoms with Gasteiger partial charge in [-0.05, 0) is 42.8 Å². The van der Waals surface area contributed by atoms with Crippen molar-refractivity contribution in [2.75, 3.05) is 18.7 Å². The van der Waals surface area contributed by atoms with E-state index in [2.05, 4.69) is 10.6 Å². The third-order valence-corrected chi connectivity index (χ3v) is 4.75. The number of urea groups is 1. The van der Waals surface area contributed by atoms with E-state index in [0.29, 0.717) is 11.5 Å². The number of imide groups is 1. The summed E-state index contributed by atoms with van der Waals surface area (Å²) < 4.78 is 23.8. The number of nitrogens with zero attached hydrogens (tertiary/aromatic N) is 1. The highest BCUT2D eigenvalue weighted by Crippen LogP contribution is 2.34. The second kappa shape index (κ2) is 7.08. The van der Waals surface area contributed by atoms with Gasteiger partial charge in [0.25, 0.3) is 5.91 Å². The van der Waals surface area contributed by atoms with Crippen LogP contribution in [0.5, 0.6) is 11.5 Å². The Kier molecular flexibility index (Phi) is 4.57. The number of anilines is 1. The predicted octanol–water partition coefficient (Wildman–Crippen LogP) is 2.05. The summed E-state index contributed by atoms with van der Waals surface area (Å²) in [7, 11) is 0. The van der Waals surface area contributed by atoms with Crippen molar-refractivity contribution in [3.63, 3.8) is 0 Å². The molecule has 0 radical (unpaired) electrons. The molecule has 1 fully saturated rings. The fourth-order valence-corrected chi connectivity index (χ4v) is 3.38. The van der Waals surface area contributed by atoms with Crippen LogP contribution in [0.25, 0.3) is 0 Å². The summed E-state index contributed by atoms with van der Waals surface area (Å²) in [6.45, 7) is 1.26. The van der Waals surface area contributed by atoms with Crippen LogP contribution >= 0.6 is 0 Å². The van der Waals surface area contributed by atoms with E-state index in [1.54, 1.807) is 25.1 Å². The third kappa shape index (κ3) is 3.71. The van der Waals surface area contributed by atoms with Crippen LogP contribution in [0, 0.1) is 5.82 Å². The number of carbonyl (C=O) groups excluding carboxylic acids is 3. The zero-order valence-electron chi connectivity index (χ0n) is 15.5. The Bertz CT molecular complexity index is 1010. The van der Waals surface area contributed by atoms with Gasteiger partial charge in [-0.3, -0.25) is 14.5 Å². The molecule has 9 heteroatoms. The van der Waals surface area contributed by atoms with Crippen molar-refractivity contribution < 1.29 is 28.2 Å². The van der Waals surface area contributed by atoms with E-state index in [1.165, 1.54) is 18.2 Å². The number of hydrogen-bond acceptors (Lipinski definition) is 5. The van der Waals surface area contributed by atoms with Gasteiger partial charge in [-0.25, -0.2) is 9.18 Å². The highest BCUT2D eigenvalue weighted by Gasteiger charge is 2.48. The second-order valence-electron chi connectivity index (χ2n) is 7.08. The first-order chi connectivity index (χ1) is 13.8. The zero-order chi connectivity index (χ0) is 20.6. The molecular weight excluding hydrogens is 381 g/mol. The maximum Gasteiger partial charge on any atom is 0.325 e. The van der Waals surface area contributed by atoms with E-state index < -0.39 is 35.7 Å². The molecule has 1 saturated heterocycles. The number of halogens is 1. The highest BCUT2D eigenvalue weighted by molar-refractivity contribution is 6.10. The topological polar surface area (TPSA) is 97.0 Å². The first-order valence-corrected chi connectivity index (χ1v) is 8.92. The molecule has 29 heavy (non-hydrogen) atoms. The second-order valence-corrected chi connectivity index (χ2v) is 7.08. The minimum absolute atomic E-state index is 0.139. The van der Waals surface area contributed by atoms with Gasteiger partial charge in [0.05, 0.1) is 0 Å². The number of hydrogen-bond donors (Lipinski definition) is 2. The maximum absolute atomic E-state index is 13.2. The molecule has 0 unspecified atom stereocenters. The van der Waals surface area contributed by atoms with Gasteiger partial charge in [-0.15, -0.1) is 0 Å². The van der Waals surface area contributed by atoms with Gasteiger partial charge >= 0.3 is 6.03 Å². The number of rotatable bonds is 5. The van der Waals surface area contributed by atoms with Crippen LogP contribution < -0.4 is 20.1 Å². The van der Waals surface area contributed by atoms with Crippen molar-refractivity contribution in [3.05, 3.63) is 53.8 Å². The average molecular weight is 399 g/mol. The van der Waals surface area contributed by atoms with Gasteiger partial charge in [0.1, 0.15) is 17.9 Å². The van der Waals surface area contributed by atoms with Crippen molar-refractivity contribution in [2.45, 2.75) is 18.9 Å². The normalized spacial score (nSPS) is 20.0. The smallest absolute Gasteiger partial charge is 0.325 e. The lowest BCUT2D eigenvalue weighted by molar-refractivity contribution is -0.133. The van der Waals surface area contributed by atoms with Crippen molar-refractivity contribution in [1.82, 2.24) is 10.2 Å². The Balaban J connectivity index is 1.44. The van der Waals surface area contributed by atoms with Crippen LogP contribution in [0.15, 0.2) is 42.5 Å². The Hall–Kier alpha value is -3.62. The molecule has 2 aliphatic rings. The van der Waals surface area contributed by atoms with Crippen LogP contribution in [0.1, 0.15) is 12.5 Å². The SMILES string of the molecule is C[C@@]1(Cc2ccc3c(c2)OCO3)NC(=O)N(CC(=O)Nc2cccc(F)c2)C1=O. The van der Waals surface area contributed by atoms with E-state index in [4.69, 9.17) is 9.47 Å². The number of benzene rings is 2. The van der Waals surface area contributed by atoms with E-state index in [-0.39, 0.29) is 18.9 Å². The zero-order valence-corrected chi connectivity index (χ0v) is 15.5. The van der Waals surface area contributed by atoms with E-state index >= 15 is 0 Å². The molecule has 2 aliphatic heterocycles. The Labute approximate surface area is 165 Å². The lowest BCUT2D eigenvalue weighted by Crippen LogP contribution is -2.46. The first-order valence-electron chi connectivity index (χ1n) is 8.92. The van der Waals surface area contributed by atoms with Gasteiger partial charge in [0.2, 0.25) is 12.7 Å². The molecule has 0 aromatic heterocycles. The van der Waals surface area contributed by atoms with Gasteiger partial charge in [0.15, 0.2) is 11.5 Å².